The molecule has 0 radical (unpaired) electrons. The van der Waals surface area contributed by atoms with Crippen LogP contribution in [0.4, 0.5) is 10.1 Å². The summed E-state index contributed by atoms with van der Waals surface area (Å²) in [6, 6.07) is 2.80. The molecule has 3 aliphatic rings. The third kappa shape index (κ3) is 2.95. The predicted octanol–water partition coefficient (Wildman–Crippen LogP) is 0.616. The van der Waals surface area contributed by atoms with Crippen LogP contribution >= 0.6 is 0 Å². The maximum Gasteiger partial charge on any atom is 0.247 e. The smallest absolute Gasteiger partial charge is 0.247 e. The highest BCUT2D eigenvalue weighted by molar-refractivity contribution is 7.91. The summed E-state index contributed by atoms with van der Waals surface area (Å²) in [6.45, 7) is 0.173. The number of sulfonamides is 1. The first-order chi connectivity index (χ1) is 13.7. The molecule has 1 spiro atoms. The Hall–Kier alpha value is -2.69. The van der Waals surface area contributed by atoms with E-state index in [4.69, 9.17) is 5.41 Å². The predicted molar refractivity (Wildman–Crippen MR) is 103 cm³/mol. The van der Waals surface area contributed by atoms with Gasteiger partial charge in [0.15, 0.2) is 0 Å². The van der Waals surface area contributed by atoms with Crippen LogP contribution in [0.3, 0.4) is 0 Å². The zero-order valence-electron chi connectivity index (χ0n) is 15.8. The zero-order chi connectivity index (χ0) is 21.0. The number of hydrogen-bond donors (Lipinski definition) is 3. The number of amides is 2. The Morgan fingerprint density at radius 3 is 2.79 bits per heavy atom. The zero-order valence-corrected chi connectivity index (χ0v) is 16.6. The number of anilines is 1. The van der Waals surface area contributed by atoms with E-state index in [1.807, 2.05) is 0 Å². The van der Waals surface area contributed by atoms with Gasteiger partial charge in [-0.15, -0.1) is 0 Å². The lowest BCUT2D eigenvalue weighted by Crippen LogP contribution is -2.65. The fraction of sp³-hybridized carbons (Fsp3) is 0.500. The van der Waals surface area contributed by atoms with Crippen molar-refractivity contribution in [2.75, 3.05) is 25.5 Å². The molecule has 1 aromatic rings. The SMILES string of the molecule is CN1C(=N)NC(c2cc(NC=O)ccc2F)C2(CCN(C(=O)C3CC3)C2)S1(=O)=O. The van der Waals surface area contributed by atoms with E-state index in [1.165, 1.54) is 24.1 Å². The summed E-state index contributed by atoms with van der Waals surface area (Å²) in [5, 5.41) is 13.3. The second-order valence-corrected chi connectivity index (χ2v) is 10.1. The molecule has 1 saturated carbocycles. The summed E-state index contributed by atoms with van der Waals surface area (Å²) in [4.78, 5) is 24.9. The van der Waals surface area contributed by atoms with Crippen molar-refractivity contribution in [3.63, 3.8) is 0 Å². The molecular weight excluding hydrogens is 401 g/mol. The Kier molecular flexibility index (Phi) is 4.52. The molecule has 1 aromatic carbocycles. The lowest BCUT2D eigenvalue weighted by Gasteiger charge is -2.45. The van der Waals surface area contributed by atoms with Gasteiger partial charge in [0.05, 0.1) is 6.04 Å². The van der Waals surface area contributed by atoms with Crippen LogP contribution in [0, 0.1) is 17.1 Å². The summed E-state index contributed by atoms with van der Waals surface area (Å²) in [5.74, 6) is -1.16. The van der Waals surface area contributed by atoms with Crippen molar-refractivity contribution in [3.05, 3.63) is 29.6 Å². The van der Waals surface area contributed by atoms with Crippen LogP contribution in [0.2, 0.25) is 0 Å². The minimum atomic E-state index is -4.07. The van der Waals surface area contributed by atoms with E-state index in [0.717, 1.165) is 23.2 Å². The van der Waals surface area contributed by atoms with Crippen LogP contribution in [0.15, 0.2) is 18.2 Å². The lowest BCUT2D eigenvalue weighted by molar-refractivity contribution is -0.131. The molecule has 3 N–H and O–H groups in total. The van der Waals surface area contributed by atoms with Gasteiger partial charge in [-0.25, -0.2) is 17.1 Å². The quantitative estimate of drug-likeness (QED) is 0.613. The lowest BCUT2D eigenvalue weighted by atomic mass is 9.90. The van der Waals surface area contributed by atoms with E-state index in [1.54, 1.807) is 0 Å². The highest BCUT2D eigenvalue weighted by Crippen LogP contribution is 2.46. The van der Waals surface area contributed by atoms with Crippen molar-refractivity contribution in [2.45, 2.75) is 30.1 Å². The average Bonchev–Trinajstić information content (AvgIpc) is 3.44. The van der Waals surface area contributed by atoms with Crippen LogP contribution in [0.25, 0.3) is 0 Å². The molecule has 4 rings (SSSR count). The number of carbonyl (C=O) groups is 2. The third-order valence-electron chi connectivity index (χ3n) is 6.03. The first-order valence-electron chi connectivity index (χ1n) is 9.33. The number of nitrogens with zero attached hydrogens (tertiary/aromatic N) is 2. The Bertz CT molecular complexity index is 996. The first-order valence-corrected chi connectivity index (χ1v) is 10.8. The number of hydrogen-bond acceptors (Lipinski definition) is 5. The summed E-state index contributed by atoms with van der Waals surface area (Å²) >= 11 is 0. The molecule has 3 fully saturated rings. The van der Waals surface area contributed by atoms with E-state index in [0.29, 0.717) is 12.1 Å². The molecule has 2 atom stereocenters. The van der Waals surface area contributed by atoms with Gasteiger partial charge in [0, 0.05) is 37.3 Å². The summed E-state index contributed by atoms with van der Waals surface area (Å²) in [6.07, 6.45) is 2.16. The van der Waals surface area contributed by atoms with Crippen molar-refractivity contribution in [2.24, 2.45) is 5.92 Å². The topological polar surface area (TPSA) is 123 Å². The number of likely N-dealkylation sites (tertiary alicyclic amines) is 1. The number of nitrogens with one attached hydrogen (secondary N) is 3. The Morgan fingerprint density at radius 2 is 2.14 bits per heavy atom. The molecule has 11 heteroatoms. The van der Waals surface area contributed by atoms with Gasteiger partial charge in [-0.2, -0.15) is 0 Å². The van der Waals surface area contributed by atoms with Gasteiger partial charge in [0.1, 0.15) is 10.6 Å². The first kappa shape index (κ1) is 19.6. The van der Waals surface area contributed by atoms with Gasteiger partial charge in [0.2, 0.25) is 28.3 Å². The van der Waals surface area contributed by atoms with E-state index in [-0.39, 0.29) is 42.9 Å². The van der Waals surface area contributed by atoms with Crippen molar-refractivity contribution in [3.8, 4) is 0 Å². The molecule has 156 valence electrons. The summed E-state index contributed by atoms with van der Waals surface area (Å²) in [5.41, 5.74) is 0.333. The fourth-order valence-corrected chi connectivity index (χ4v) is 6.20. The van der Waals surface area contributed by atoms with E-state index >= 15 is 0 Å². The second kappa shape index (κ2) is 6.68. The molecule has 9 nitrogen and oxygen atoms in total. The number of rotatable bonds is 4. The van der Waals surface area contributed by atoms with Crippen molar-refractivity contribution in [1.29, 1.82) is 5.41 Å². The number of halogens is 1. The van der Waals surface area contributed by atoms with Gasteiger partial charge in [0.25, 0.3) is 0 Å². The average molecular weight is 423 g/mol. The van der Waals surface area contributed by atoms with Gasteiger partial charge < -0.3 is 15.5 Å². The molecule has 1 aliphatic carbocycles. The molecule has 2 saturated heterocycles. The van der Waals surface area contributed by atoms with E-state index in [9.17, 15) is 22.4 Å². The van der Waals surface area contributed by atoms with Crippen LogP contribution in [0.1, 0.15) is 30.9 Å². The van der Waals surface area contributed by atoms with Crippen molar-refractivity contribution in [1.82, 2.24) is 14.5 Å². The van der Waals surface area contributed by atoms with Gasteiger partial charge in [-0.05, 0) is 37.5 Å². The standard InChI is InChI=1S/C18H22FN5O4S/c1-23-17(20)22-15(13-8-12(21-10-25)4-5-14(13)19)18(29(23,27)28)6-7-24(9-18)16(26)11-2-3-11/h4-5,8,10-11,15H,2-3,6-7,9H2,1H3,(H2,20,22)(H,21,25). The normalized spacial score (nSPS) is 28.3. The summed E-state index contributed by atoms with van der Waals surface area (Å²) in [7, 11) is -2.79. The molecule has 0 aromatic heterocycles. The minimum absolute atomic E-state index is 0.0268. The molecule has 29 heavy (non-hydrogen) atoms. The molecule has 2 heterocycles. The molecular formula is C18H22FN5O4S. The maximum absolute atomic E-state index is 14.8. The maximum atomic E-state index is 14.8. The van der Waals surface area contributed by atoms with Gasteiger partial charge >= 0.3 is 0 Å². The second-order valence-electron chi connectivity index (χ2n) is 7.75. The largest absolute Gasteiger partial charge is 0.347 e. The number of benzene rings is 1. The number of guanidine groups is 1. The minimum Gasteiger partial charge on any atom is -0.347 e. The van der Waals surface area contributed by atoms with Crippen molar-refractivity contribution >= 4 is 34.0 Å². The number of carbonyl (C=O) groups excluding carboxylic acids is 2. The van der Waals surface area contributed by atoms with Crippen LogP contribution in [-0.2, 0) is 19.6 Å². The van der Waals surface area contributed by atoms with Gasteiger partial charge in [-0.3, -0.25) is 15.0 Å². The Morgan fingerprint density at radius 1 is 1.41 bits per heavy atom. The monoisotopic (exact) mass is 423 g/mol. The fourth-order valence-electron chi connectivity index (χ4n) is 4.21. The highest BCUT2D eigenvalue weighted by Gasteiger charge is 2.61. The van der Waals surface area contributed by atoms with Gasteiger partial charge in [-0.1, -0.05) is 0 Å². The highest BCUT2D eigenvalue weighted by atomic mass is 32.2. The van der Waals surface area contributed by atoms with Crippen LogP contribution in [-0.4, -0.2) is 60.8 Å². The summed E-state index contributed by atoms with van der Waals surface area (Å²) < 4.78 is 41.0. The Balaban J connectivity index is 1.81. The Labute approximate surface area is 167 Å². The van der Waals surface area contributed by atoms with Crippen LogP contribution < -0.4 is 10.6 Å². The molecule has 2 amide bonds. The molecule has 2 aliphatic heterocycles. The van der Waals surface area contributed by atoms with E-state index < -0.39 is 26.6 Å². The third-order valence-corrected chi connectivity index (χ3v) is 8.53. The van der Waals surface area contributed by atoms with Crippen molar-refractivity contribution < 1.29 is 22.4 Å². The molecule has 2 unspecified atom stereocenters. The molecule has 0 bridgehead atoms. The van der Waals surface area contributed by atoms with E-state index in [2.05, 4.69) is 10.6 Å². The van der Waals surface area contributed by atoms with Crippen LogP contribution in [0.5, 0.6) is 0 Å².